The monoisotopic (exact) mass is 343 g/mol. The molecule has 1 aromatic heterocycles. The van der Waals surface area contributed by atoms with E-state index in [1.54, 1.807) is 13.2 Å². The van der Waals surface area contributed by atoms with Gasteiger partial charge in [-0.1, -0.05) is 23.7 Å². The Morgan fingerprint density at radius 3 is 2.88 bits per heavy atom. The number of likely N-dealkylation sites (tertiary alicyclic amines) is 1. The third-order valence-electron chi connectivity index (χ3n) is 4.62. The lowest BCUT2D eigenvalue weighted by atomic mass is 10.0. The Morgan fingerprint density at radius 2 is 2.16 bits per heavy atom. The van der Waals surface area contributed by atoms with Crippen molar-refractivity contribution >= 4 is 11.6 Å². The maximum absolute atomic E-state index is 12.2. The van der Waals surface area contributed by atoms with E-state index in [-0.39, 0.29) is 11.6 Å². The number of nitrogens with zero attached hydrogens (tertiary/aromatic N) is 2. The molecule has 0 saturated carbocycles. The zero-order valence-electron chi connectivity index (χ0n) is 14.8. The summed E-state index contributed by atoms with van der Waals surface area (Å²) in [7, 11) is 1.56. The molecule has 1 unspecified atom stereocenters. The van der Waals surface area contributed by atoms with E-state index in [9.17, 15) is 4.79 Å². The van der Waals surface area contributed by atoms with Crippen molar-refractivity contribution in [2.24, 2.45) is 0 Å². The Labute approximate surface area is 148 Å². The molecule has 0 aliphatic carbocycles. The Morgan fingerprint density at radius 1 is 1.36 bits per heavy atom. The van der Waals surface area contributed by atoms with Gasteiger partial charge in [-0.25, -0.2) is 0 Å². The molecule has 1 aromatic carbocycles. The number of nitrogens with one attached hydrogen (secondary N) is 1. The van der Waals surface area contributed by atoms with Crippen LogP contribution in [0.4, 0.5) is 5.69 Å². The number of methoxy groups -OCH3 is 1. The number of carbonyl (C=O) groups is 1. The van der Waals surface area contributed by atoms with Crippen LogP contribution in [0.2, 0.25) is 0 Å². The maximum atomic E-state index is 12.2. The number of aromatic nitrogens is 1. The molecule has 134 valence electrons. The third-order valence-corrected chi connectivity index (χ3v) is 4.62. The molecule has 0 spiro atoms. The first-order valence-electron chi connectivity index (χ1n) is 8.74. The van der Waals surface area contributed by atoms with Gasteiger partial charge in [0, 0.05) is 31.5 Å². The minimum Gasteiger partial charge on any atom is -0.377 e. The van der Waals surface area contributed by atoms with E-state index in [1.807, 2.05) is 12.1 Å². The first kappa shape index (κ1) is 17.6. The topological polar surface area (TPSA) is 67.6 Å². The molecule has 1 saturated heterocycles. The molecule has 1 aliphatic heterocycles. The van der Waals surface area contributed by atoms with Gasteiger partial charge in [-0.3, -0.25) is 9.69 Å². The summed E-state index contributed by atoms with van der Waals surface area (Å²) in [5.41, 5.74) is 2.26. The molecule has 0 radical (unpaired) electrons. The molecule has 2 heterocycles. The van der Waals surface area contributed by atoms with Crippen molar-refractivity contribution in [2.75, 3.05) is 19.0 Å². The lowest BCUT2D eigenvalue weighted by molar-refractivity contribution is 0.101. The molecule has 1 amide bonds. The molecular formula is C19H25N3O3. The summed E-state index contributed by atoms with van der Waals surface area (Å²) < 4.78 is 9.99. The van der Waals surface area contributed by atoms with E-state index in [0.717, 1.165) is 18.8 Å². The highest BCUT2D eigenvalue weighted by Crippen LogP contribution is 2.20. The molecule has 2 aromatic rings. The van der Waals surface area contributed by atoms with Crippen LogP contribution < -0.4 is 5.32 Å². The number of piperidine rings is 1. The van der Waals surface area contributed by atoms with Crippen LogP contribution in [-0.2, 0) is 17.9 Å². The Bertz CT molecular complexity index is 696. The SMILES string of the molecule is COCc1cc(C(=O)Nc2ccc(CN3CCCCC3C)cc2)no1. The Hall–Kier alpha value is -2.18. The van der Waals surface area contributed by atoms with Crippen LogP contribution in [0.1, 0.15) is 48.0 Å². The quantitative estimate of drug-likeness (QED) is 0.870. The lowest BCUT2D eigenvalue weighted by Gasteiger charge is -2.33. The molecule has 6 nitrogen and oxygen atoms in total. The first-order valence-corrected chi connectivity index (χ1v) is 8.74. The molecule has 1 fully saturated rings. The molecular weight excluding hydrogens is 318 g/mol. The molecule has 25 heavy (non-hydrogen) atoms. The van der Waals surface area contributed by atoms with Crippen LogP contribution >= 0.6 is 0 Å². The van der Waals surface area contributed by atoms with E-state index >= 15 is 0 Å². The maximum Gasteiger partial charge on any atom is 0.277 e. The van der Waals surface area contributed by atoms with Gasteiger partial charge in [0.15, 0.2) is 11.5 Å². The van der Waals surface area contributed by atoms with E-state index in [4.69, 9.17) is 9.26 Å². The highest BCUT2D eigenvalue weighted by Gasteiger charge is 2.18. The zero-order valence-corrected chi connectivity index (χ0v) is 14.8. The molecule has 3 rings (SSSR count). The minimum absolute atomic E-state index is 0.248. The summed E-state index contributed by atoms with van der Waals surface area (Å²) in [5.74, 6) is 0.238. The average molecular weight is 343 g/mol. The van der Waals surface area contributed by atoms with Crippen LogP contribution in [0.3, 0.4) is 0 Å². The second-order valence-corrected chi connectivity index (χ2v) is 6.58. The van der Waals surface area contributed by atoms with Gasteiger partial charge in [-0.05, 0) is 44.0 Å². The third kappa shape index (κ3) is 4.67. The zero-order chi connectivity index (χ0) is 17.6. The van der Waals surface area contributed by atoms with Crippen molar-refractivity contribution in [1.29, 1.82) is 0 Å². The molecule has 1 aliphatic rings. The summed E-state index contributed by atoms with van der Waals surface area (Å²) in [5, 5.41) is 6.60. The highest BCUT2D eigenvalue weighted by molar-refractivity contribution is 6.02. The molecule has 0 bridgehead atoms. The van der Waals surface area contributed by atoms with Crippen molar-refractivity contribution in [2.45, 2.75) is 45.4 Å². The van der Waals surface area contributed by atoms with Crippen molar-refractivity contribution in [1.82, 2.24) is 10.1 Å². The van der Waals surface area contributed by atoms with Crippen LogP contribution in [0.5, 0.6) is 0 Å². The Balaban J connectivity index is 1.57. The fraction of sp³-hybridized carbons (Fsp3) is 0.474. The summed E-state index contributed by atoms with van der Waals surface area (Å²) in [6.45, 7) is 4.71. The fourth-order valence-electron chi connectivity index (χ4n) is 3.15. The summed E-state index contributed by atoms with van der Waals surface area (Å²) >= 11 is 0. The smallest absolute Gasteiger partial charge is 0.277 e. The van der Waals surface area contributed by atoms with Crippen LogP contribution in [-0.4, -0.2) is 35.7 Å². The van der Waals surface area contributed by atoms with Gasteiger partial charge >= 0.3 is 0 Å². The van der Waals surface area contributed by atoms with Crippen LogP contribution in [0.25, 0.3) is 0 Å². The van der Waals surface area contributed by atoms with Gasteiger partial charge in [-0.15, -0.1) is 0 Å². The molecule has 6 heteroatoms. The number of amides is 1. The largest absolute Gasteiger partial charge is 0.377 e. The lowest BCUT2D eigenvalue weighted by Crippen LogP contribution is -2.36. The summed E-state index contributed by atoms with van der Waals surface area (Å²) in [6.07, 6.45) is 3.88. The van der Waals surface area contributed by atoms with E-state index in [1.165, 1.54) is 24.8 Å². The van der Waals surface area contributed by atoms with Gasteiger partial charge in [0.05, 0.1) is 0 Å². The Kier molecular flexibility index (Phi) is 5.83. The predicted octanol–water partition coefficient (Wildman–Crippen LogP) is 3.45. The van der Waals surface area contributed by atoms with Gasteiger partial charge < -0.3 is 14.6 Å². The summed E-state index contributed by atoms with van der Waals surface area (Å²) in [6, 6.07) is 10.2. The minimum atomic E-state index is -0.288. The van der Waals surface area contributed by atoms with Crippen molar-refractivity contribution in [3.8, 4) is 0 Å². The van der Waals surface area contributed by atoms with E-state index in [0.29, 0.717) is 18.4 Å². The first-order chi connectivity index (χ1) is 12.2. The van der Waals surface area contributed by atoms with Gasteiger partial charge in [-0.2, -0.15) is 0 Å². The van der Waals surface area contributed by atoms with E-state index in [2.05, 4.69) is 34.4 Å². The van der Waals surface area contributed by atoms with Crippen LogP contribution in [0.15, 0.2) is 34.9 Å². The van der Waals surface area contributed by atoms with Crippen LogP contribution in [0, 0.1) is 0 Å². The highest BCUT2D eigenvalue weighted by atomic mass is 16.5. The second-order valence-electron chi connectivity index (χ2n) is 6.58. The number of hydrogen-bond donors (Lipinski definition) is 1. The van der Waals surface area contributed by atoms with Gasteiger partial charge in [0.2, 0.25) is 0 Å². The second kappa shape index (κ2) is 8.27. The van der Waals surface area contributed by atoms with E-state index < -0.39 is 0 Å². The average Bonchev–Trinajstić information content (AvgIpc) is 3.08. The number of carbonyl (C=O) groups excluding carboxylic acids is 1. The normalized spacial score (nSPS) is 18.2. The number of hydrogen-bond acceptors (Lipinski definition) is 5. The van der Waals surface area contributed by atoms with Gasteiger partial charge in [0.1, 0.15) is 6.61 Å². The number of benzene rings is 1. The van der Waals surface area contributed by atoms with Crippen molar-refractivity contribution < 1.29 is 14.1 Å². The number of ether oxygens (including phenoxy) is 1. The molecule has 1 N–H and O–H groups in total. The number of rotatable bonds is 6. The molecule has 1 atom stereocenters. The van der Waals surface area contributed by atoms with Crippen molar-refractivity contribution in [3.63, 3.8) is 0 Å². The fourth-order valence-corrected chi connectivity index (χ4v) is 3.15. The predicted molar refractivity (Wildman–Crippen MR) is 95.3 cm³/mol. The van der Waals surface area contributed by atoms with Crippen molar-refractivity contribution in [3.05, 3.63) is 47.3 Å². The summed E-state index contributed by atoms with van der Waals surface area (Å²) in [4.78, 5) is 14.7. The number of anilines is 1. The standard InChI is InChI=1S/C19H25N3O3/c1-14-5-3-4-10-22(14)12-15-6-8-16(9-7-15)20-19(23)18-11-17(13-24-2)25-21-18/h6-9,11,14H,3-5,10,12-13H2,1-2H3,(H,20,23). The van der Waals surface area contributed by atoms with Gasteiger partial charge in [0.25, 0.3) is 5.91 Å².